The summed E-state index contributed by atoms with van der Waals surface area (Å²) in [4.78, 5) is 7.17. The topological polar surface area (TPSA) is 16.1 Å². The molecule has 0 unspecified atom stereocenters. The monoisotopic (exact) mass is 244 g/mol. The molecule has 0 amide bonds. The molecule has 2 nitrogen and oxygen atoms in total. The van der Waals surface area contributed by atoms with Gasteiger partial charge in [-0.15, -0.1) is 11.3 Å². The number of thiazole rings is 1. The van der Waals surface area contributed by atoms with Crippen LogP contribution in [0.5, 0.6) is 0 Å². The van der Waals surface area contributed by atoms with Gasteiger partial charge >= 0.3 is 0 Å². The lowest BCUT2D eigenvalue weighted by Gasteiger charge is -2.23. The van der Waals surface area contributed by atoms with Gasteiger partial charge in [0.05, 0.1) is 10.2 Å². The summed E-state index contributed by atoms with van der Waals surface area (Å²) in [5, 5.41) is 1.21. The minimum Gasteiger partial charge on any atom is -0.300 e. The number of benzene rings is 1. The van der Waals surface area contributed by atoms with Gasteiger partial charge in [-0.2, -0.15) is 0 Å². The Bertz CT molecular complexity index is 523. The molecule has 0 N–H and O–H groups in total. The van der Waals surface area contributed by atoms with E-state index < -0.39 is 0 Å². The maximum Gasteiger partial charge on any atom is 0.120 e. The van der Waals surface area contributed by atoms with Crippen molar-refractivity contribution >= 4 is 27.1 Å². The minimum atomic E-state index is 1.07. The molecule has 2 aromatic rings. The Morgan fingerprint density at radius 2 is 2.24 bits per heavy atom. The Kier molecular flexibility index (Phi) is 2.95. The summed E-state index contributed by atoms with van der Waals surface area (Å²) >= 11 is 1.81. The van der Waals surface area contributed by atoms with E-state index in [9.17, 15) is 0 Å². The molecule has 17 heavy (non-hydrogen) atoms. The first kappa shape index (κ1) is 10.9. The fourth-order valence-corrected chi connectivity index (χ4v) is 3.24. The molecule has 0 radical (unpaired) electrons. The second-order valence-corrected chi connectivity index (χ2v) is 5.39. The summed E-state index contributed by atoms with van der Waals surface area (Å²) < 4.78 is 1.29. The highest BCUT2D eigenvalue weighted by Gasteiger charge is 2.14. The lowest BCUT2D eigenvalue weighted by molar-refractivity contribution is 0.318. The molecule has 0 aliphatic carbocycles. The molecule has 88 valence electrons. The Labute approximate surface area is 106 Å². The molecule has 0 bridgehead atoms. The first-order chi connectivity index (χ1) is 8.36. The number of rotatable bonds is 2. The second-order valence-electron chi connectivity index (χ2n) is 4.36. The smallest absolute Gasteiger partial charge is 0.120 e. The molecular formula is C14H16N2S. The van der Waals surface area contributed by atoms with Gasteiger partial charge in [0.25, 0.3) is 0 Å². The summed E-state index contributed by atoms with van der Waals surface area (Å²) in [6.07, 6.45) is 3.47. The summed E-state index contributed by atoms with van der Waals surface area (Å²) in [5.41, 5.74) is 2.56. The Balaban J connectivity index is 1.91. The zero-order valence-electron chi connectivity index (χ0n) is 10.0. The Hall–Kier alpha value is -1.19. The van der Waals surface area contributed by atoms with Crippen LogP contribution in [0.4, 0.5) is 0 Å². The number of fused-ring (bicyclic) bond motifs is 1. The molecule has 1 aromatic heterocycles. The molecular weight excluding hydrogens is 228 g/mol. The van der Waals surface area contributed by atoms with E-state index in [1.54, 1.807) is 0 Å². The average Bonchev–Trinajstić information content (AvgIpc) is 2.82. The predicted molar refractivity (Wildman–Crippen MR) is 74.3 cm³/mol. The van der Waals surface area contributed by atoms with Crippen molar-refractivity contribution < 1.29 is 0 Å². The van der Waals surface area contributed by atoms with Crippen LogP contribution in [0.2, 0.25) is 0 Å². The van der Waals surface area contributed by atoms with Crippen LogP contribution in [0, 0.1) is 0 Å². The highest BCUT2D eigenvalue weighted by Crippen LogP contribution is 2.30. The van der Waals surface area contributed by atoms with Crippen molar-refractivity contribution in [2.75, 3.05) is 19.6 Å². The fraction of sp³-hybridized carbons (Fsp3) is 0.357. The first-order valence-corrected chi connectivity index (χ1v) is 6.96. The van der Waals surface area contributed by atoms with Crippen LogP contribution in [0.3, 0.4) is 0 Å². The van der Waals surface area contributed by atoms with Crippen LogP contribution >= 0.6 is 11.3 Å². The van der Waals surface area contributed by atoms with Gasteiger partial charge in [-0.1, -0.05) is 25.1 Å². The number of hydrogen-bond acceptors (Lipinski definition) is 3. The lowest BCUT2D eigenvalue weighted by atomic mass is 10.1. The van der Waals surface area contributed by atoms with E-state index in [0.717, 1.165) is 31.6 Å². The minimum absolute atomic E-state index is 1.07. The maximum absolute atomic E-state index is 4.72. The third kappa shape index (κ3) is 2.13. The molecule has 2 heterocycles. The van der Waals surface area contributed by atoms with E-state index in [4.69, 9.17) is 4.98 Å². The van der Waals surface area contributed by atoms with Gasteiger partial charge in [0.2, 0.25) is 0 Å². The zero-order chi connectivity index (χ0) is 11.7. The van der Waals surface area contributed by atoms with Crippen LogP contribution in [-0.2, 0) is 0 Å². The van der Waals surface area contributed by atoms with E-state index >= 15 is 0 Å². The average molecular weight is 244 g/mol. The van der Waals surface area contributed by atoms with Crippen LogP contribution in [0.1, 0.15) is 18.4 Å². The lowest BCUT2D eigenvalue weighted by Crippen LogP contribution is -2.27. The van der Waals surface area contributed by atoms with Crippen LogP contribution in [0.15, 0.2) is 30.3 Å². The van der Waals surface area contributed by atoms with Gasteiger partial charge in [0.15, 0.2) is 0 Å². The quantitative estimate of drug-likeness (QED) is 0.805. The molecule has 0 saturated heterocycles. The molecule has 1 aliphatic heterocycles. The van der Waals surface area contributed by atoms with Crippen molar-refractivity contribution in [3.8, 4) is 0 Å². The standard InChI is InChI=1S/C14H16N2S/c1-2-16-9-7-11(8-10-16)14-15-12-5-3-4-6-13(12)17-14/h3-7H,2,8-10H2,1H3. The van der Waals surface area contributed by atoms with E-state index in [0.29, 0.717) is 0 Å². The number of likely N-dealkylation sites (N-methyl/N-ethyl adjacent to an activating group) is 1. The van der Waals surface area contributed by atoms with Crippen molar-refractivity contribution in [3.05, 3.63) is 35.3 Å². The van der Waals surface area contributed by atoms with Gasteiger partial charge in [-0.25, -0.2) is 4.98 Å². The highest BCUT2D eigenvalue weighted by molar-refractivity contribution is 7.19. The summed E-state index contributed by atoms with van der Waals surface area (Å²) in [6, 6.07) is 8.38. The van der Waals surface area contributed by atoms with E-state index in [1.165, 1.54) is 15.3 Å². The molecule has 3 rings (SSSR count). The molecule has 3 heteroatoms. The fourth-order valence-electron chi connectivity index (χ4n) is 2.20. The van der Waals surface area contributed by atoms with Crippen LogP contribution < -0.4 is 0 Å². The van der Waals surface area contributed by atoms with Gasteiger partial charge in [0.1, 0.15) is 5.01 Å². The molecule has 0 saturated carbocycles. The largest absolute Gasteiger partial charge is 0.300 e. The maximum atomic E-state index is 4.72. The highest BCUT2D eigenvalue weighted by atomic mass is 32.1. The SMILES string of the molecule is CCN1CC=C(c2nc3ccccc3s2)CC1. The number of aromatic nitrogens is 1. The predicted octanol–water partition coefficient (Wildman–Crippen LogP) is 3.41. The molecule has 1 aromatic carbocycles. The normalized spacial score (nSPS) is 17.4. The molecule has 0 fully saturated rings. The molecule has 0 atom stereocenters. The number of nitrogens with zero attached hydrogens (tertiary/aromatic N) is 2. The van der Waals surface area contributed by atoms with Gasteiger partial charge in [0, 0.05) is 13.1 Å². The molecule has 0 spiro atoms. The van der Waals surface area contributed by atoms with Gasteiger partial charge in [-0.3, -0.25) is 4.90 Å². The van der Waals surface area contributed by atoms with E-state index in [-0.39, 0.29) is 0 Å². The third-order valence-corrected chi connectivity index (χ3v) is 4.42. The summed E-state index contributed by atoms with van der Waals surface area (Å²) in [6.45, 7) is 5.60. The number of hydrogen-bond donors (Lipinski definition) is 0. The van der Waals surface area contributed by atoms with Crippen molar-refractivity contribution in [2.24, 2.45) is 0 Å². The van der Waals surface area contributed by atoms with E-state index in [1.807, 2.05) is 11.3 Å². The summed E-state index contributed by atoms with van der Waals surface area (Å²) in [7, 11) is 0. The van der Waals surface area contributed by atoms with Gasteiger partial charge in [-0.05, 0) is 30.7 Å². The van der Waals surface area contributed by atoms with Crippen molar-refractivity contribution in [1.29, 1.82) is 0 Å². The third-order valence-electron chi connectivity index (χ3n) is 3.31. The molecule has 1 aliphatic rings. The van der Waals surface area contributed by atoms with Crippen molar-refractivity contribution in [2.45, 2.75) is 13.3 Å². The number of para-hydroxylation sites is 1. The van der Waals surface area contributed by atoms with Crippen LogP contribution in [-0.4, -0.2) is 29.5 Å². The second kappa shape index (κ2) is 4.59. The van der Waals surface area contributed by atoms with Crippen molar-refractivity contribution in [3.63, 3.8) is 0 Å². The van der Waals surface area contributed by atoms with Gasteiger partial charge < -0.3 is 0 Å². The van der Waals surface area contributed by atoms with E-state index in [2.05, 4.69) is 42.2 Å². The Morgan fingerprint density at radius 3 is 2.94 bits per heavy atom. The zero-order valence-corrected chi connectivity index (χ0v) is 10.8. The summed E-state index contributed by atoms with van der Waals surface area (Å²) in [5.74, 6) is 0. The van der Waals surface area contributed by atoms with Crippen molar-refractivity contribution in [1.82, 2.24) is 9.88 Å². The first-order valence-electron chi connectivity index (χ1n) is 6.14. The Morgan fingerprint density at radius 1 is 1.35 bits per heavy atom. The van der Waals surface area contributed by atoms with Crippen LogP contribution in [0.25, 0.3) is 15.8 Å².